The molecule has 29 heavy (non-hydrogen) atoms. The van der Waals surface area contributed by atoms with Crippen LogP contribution in [0, 0.1) is 23.3 Å². The molecule has 2 aromatic carbocycles. The van der Waals surface area contributed by atoms with Crippen LogP contribution in [0.3, 0.4) is 0 Å². The van der Waals surface area contributed by atoms with Gasteiger partial charge >= 0.3 is 0 Å². The van der Waals surface area contributed by atoms with Crippen LogP contribution in [0.15, 0.2) is 53.7 Å². The van der Waals surface area contributed by atoms with Crippen LogP contribution in [-0.2, 0) is 4.79 Å². The third kappa shape index (κ3) is 5.01. The fourth-order valence-corrected chi connectivity index (χ4v) is 2.98. The summed E-state index contributed by atoms with van der Waals surface area (Å²) in [7, 11) is 0. The lowest BCUT2D eigenvalue weighted by Gasteiger charge is -2.23. The van der Waals surface area contributed by atoms with E-state index in [0.29, 0.717) is 18.4 Å². The van der Waals surface area contributed by atoms with Gasteiger partial charge in [-0.3, -0.25) is 4.79 Å². The van der Waals surface area contributed by atoms with Gasteiger partial charge in [-0.05, 0) is 42.7 Å². The number of ether oxygens (including phenoxy) is 1. The highest BCUT2D eigenvalue weighted by Gasteiger charge is 2.30. The molecular weight excluding hydrogens is 388 g/mol. The number of benzene rings is 2. The van der Waals surface area contributed by atoms with E-state index in [1.165, 1.54) is 12.3 Å². The molecule has 4 nitrogen and oxygen atoms in total. The van der Waals surface area contributed by atoms with Crippen LogP contribution in [0.2, 0.25) is 0 Å². The number of carbonyl (C=O) groups is 1. The van der Waals surface area contributed by atoms with Crippen molar-refractivity contribution in [2.75, 3.05) is 6.61 Å². The molecule has 0 saturated carbocycles. The average molecular weight is 406 g/mol. The standard InChI is InChI=1S/C21H18F4N2O2/c1-13(3-2-8-29-20-5-4-15(22)12-18(20)25)21(28)27-19(6-7-26-27)14-9-16(23)11-17(24)10-14/h4-5,7,9-12,19H,1-3,6,8H2. The van der Waals surface area contributed by atoms with Gasteiger partial charge in [0.05, 0.1) is 12.6 Å². The van der Waals surface area contributed by atoms with E-state index < -0.39 is 35.2 Å². The Labute approximate surface area is 165 Å². The van der Waals surface area contributed by atoms with E-state index in [1.807, 2.05) is 0 Å². The van der Waals surface area contributed by atoms with E-state index >= 15 is 0 Å². The van der Waals surface area contributed by atoms with Gasteiger partial charge in [0.25, 0.3) is 5.91 Å². The maximum absolute atomic E-state index is 13.5. The summed E-state index contributed by atoms with van der Waals surface area (Å²) in [5.41, 5.74) is 0.533. The third-order valence-electron chi connectivity index (χ3n) is 4.38. The summed E-state index contributed by atoms with van der Waals surface area (Å²) in [5.74, 6) is -3.53. The number of carbonyl (C=O) groups excluding carboxylic acids is 1. The number of nitrogens with zero attached hydrogens (tertiary/aromatic N) is 2. The maximum Gasteiger partial charge on any atom is 0.269 e. The first kappa shape index (κ1) is 20.6. The van der Waals surface area contributed by atoms with Crippen LogP contribution in [0.4, 0.5) is 17.6 Å². The van der Waals surface area contributed by atoms with Crippen LogP contribution in [0.25, 0.3) is 0 Å². The van der Waals surface area contributed by atoms with E-state index in [2.05, 4.69) is 11.7 Å². The van der Waals surface area contributed by atoms with Crippen molar-refractivity contribution >= 4 is 12.1 Å². The predicted octanol–water partition coefficient (Wildman–Crippen LogP) is 4.92. The molecule has 0 N–H and O–H groups in total. The molecule has 152 valence electrons. The second-order valence-electron chi connectivity index (χ2n) is 6.53. The second kappa shape index (κ2) is 8.89. The lowest BCUT2D eigenvalue weighted by molar-refractivity contribution is -0.129. The highest BCUT2D eigenvalue weighted by atomic mass is 19.1. The van der Waals surface area contributed by atoms with Gasteiger partial charge in [-0.2, -0.15) is 5.10 Å². The second-order valence-corrected chi connectivity index (χ2v) is 6.53. The summed E-state index contributed by atoms with van der Waals surface area (Å²) in [6.45, 7) is 3.84. The summed E-state index contributed by atoms with van der Waals surface area (Å²) < 4.78 is 58.6. The molecule has 1 amide bonds. The van der Waals surface area contributed by atoms with E-state index in [9.17, 15) is 22.4 Å². The fraction of sp³-hybridized carbons (Fsp3) is 0.238. The number of hydrogen-bond acceptors (Lipinski definition) is 3. The van der Waals surface area contributed by atoms with E-state index in [0.717, 1.165) is 35.3 Å². The van der Waals surface area contributed by atoms with Crippen LogP contribution in [0.1, 0.15) is 30.9 Å². The molecule has 0 bridgehead atoms. The van der Waals surface area contributed by atoms with Gasteiger partial charge in [-0.1, -0.05) is 6.58 Å². The van der Waals surface area contributed by atoms with Gasteiger partial charge in [0.15, 0.2) is 11.6 Å². The molecule has 3 rings (SSSR count). The molecular formula is C21H18F4N2O2. The number of amides is 1. The Morgan fingerprint density at radius 1 is 1.10 bits per heavy atom. The molecule has 0 saturated heterocycles. The quantitative estimate of drug-likeness (QED) is 0.372. The summed E-state index contributed by atoms with van der Waals surface area (Å²) in [4.78, 5) is 12.6. The van der Waals surface area contributed by atoms with Gasteiger partial charge in [0.1, 0.15) is 17.5 Å². The molecule has 0 fully saturated rings. The van der Waals surface area contributed by atoms with Crippen LogP contribution in [0.5, 0.6) is 5.75 Å². The van der Waals surface area contributed by atoms with Crippen molar-refractivity contribution in [2.24, 2.45) is 5.10 Å². The molecule has 0 spiro atoms. The van der Waals surface area contributed by atoms with Gasteiger partial charge in [-0.15, -0.1) is 0 Å². The minimum absolute atomic E-state index is 0.0827. The van der Waals surface area contributed by atoms with Crippen molar-refractivity contribution in [1.82, 2.24) is 5.01 Å². The molecule has 0 radical (unpaired) electrons. The molecule has 0 aromatic heterocycles. The molecule has 8 heteroatoms. The molecule has 1 unspecified atom stereocenters. The lowest BCUT2D eigenvalue weighted by atomic mass is 10.0. The Kier molecular flexibility index (Phi) is 6.31. The SMILES string of the molecule is C=C(CCCOc1ccc(F)cc1F)C(=O)N1N=CCC1c1cc(F)cc(F)c1. The van der Waals surface area contributed by atoms with Crippen molar-refractivity contribution < 1.29 is 27.1 Å². The zero-order valence-electron chi connectivity index (χ0n) is 15.4. The predicted molar refractivity (Wildman–Crippen MR) is 99.3 cm³/mol. The monoisotopic (exact) mass is 406 g/mol. The van der Waals surface area contributed by atoms with Crippen molar-refractivity contribution in [1.29, 1.82) is 0 Å². The van der Waals surface area contributed by atoms with Crippen molar-refractivity contribution in [3.63, 3.8) is 0 Å². The van der Waals surface area contributed by atoms with Gasteiger partial charge < -0.3 is 4.74 Å². The summed E-state index contributed by atoms with van der Waals surface area (Å²) in [5, 5.41) is 5.16. The fourth-order valence-electron chi connectivity index (χ4n) is 2.98. The van der Waals surface area contributed by atoms with Crippen molar-refractivity contribution in [3.8, 4) is 5.75 Å². The number of halogens is 4. The molecule has 1 aliphatic heterocycles. The largest absolute Gasteiger partial charge is 0.491 e. The van der Waals surface area contributed by atoms with Crippen LogP contribution >= 0.6 is 0 Å². The minimum Gasteiger partial charge on any atom is -0.491 e. The topological polar surface area (TPSA) is 41.9 Å². The maximum atomic E-state index is 13.5. The lowest BCUT2D eigenvalue weighted by Crippen LogP contribution is -2.28. The molecule has 2 aromatic rings. The zero-order chi connectivity index (χ0) is 21.0. The van der Waals surface area contributed by atoms with Crippen LogP contribution < -0.4 is 4.74 Å². The summed E-state index contributed by atoms with van der Waals surface area (Å²) in [6, 6.07) is 5.46. The highest BCUT2D eigenvalue weighted by Crippen LogP contribution is 2.30. The Bertz CT molecular complexity index is 941. The van der Waals surface area contributed by atoms with Gasteiger partial charge in [-0.25, -0.2) is 22.6 Å². The van der Waals surface area contributed by atoms with E-state index in [-0.39, 0.29) is 24.4 Å². The molecule has 1 atom stereocenters. The number of rotatable bonds is 7. The number of hydrazone groups is 1. The first-order valence-electron chi connectivity index (χ1n) is 8.93. The highest BCUT2D eigenvalue weighted by molar-refractivity contribution is 5.94. The Hall–Kier alpha value is -3.16. The first-order chi connectivity index (χ1) is 13.8. The Morgan fingerprint density at radius 3 is 2.52 bits per heavy atom. The van der Waals surface area contributed by atoms with Crippen LogP contribution in [-0.4, -0.2) is 23.7 Å². The van der Waals surface area contributed by atoms with E-state index in [4.69, 9.17) is 4.74 Å². The molecule has 1 heterocycles. The first-order valence-corrected chi connectivity index (χ1v) is 8.93. The summed E-state index contributed by atoms with van der Waals surface area (Å²) in [6.07, 6.45) is 2.43. The Morgan fingerprint density at radius 2 is 1.83 bits per heavy atom. The van der Waals surface area contributed by atoms with Gasteiger partial charge in [0, 0.05) is 30.3 Å². The normalized spacial score (nSPS) is 15.6. The third-order valence-corrected chi connectivity index (χ3v) is 4.38. The minimum atomic E-state index is -0.809. The van der Waals surface area contributed by atoms with Crippen molar-refractivity contribution in [3.05, 3.63) is 77.4 Å². The van der Waals surface area contributed by atoms with Gasteiger partial charge in [0.2, 0.25) is 0 Å². The molecule has 0 aliphatic carbocycles. The Balaban J connectivity index is 1.55. The number of hydrogen-bond donors (Lipinski definition) is 0. The summed E-state index contributed by atoms with van der Waals surface area (Å²) >= 11 is 0. The average Bonchev–Trinajstić information content (AvgIpc) is 3.15. The smallest absolute Gasteiger partial charge is 0.269 e. The zero-order valence-corrected chi connectivity index (χ0v) is 15.4. The van der Waals surface area contributed by atoms with Crippen molar-refractivity contribution in [2.45, 2.75) is 25.3 Å². The van der Waals surface area contributed by atoms with E-state index in [1.54, 1.807) is 0 Å². The molecule has 1 aliphatic rings.